The van der Waals surface area contributed by atoms with Gasteiger partial charge in [0, 0.05) is 16.6 Å². The van der Waals surface area contributed by atoms with Gasteiger partial charge in [0.05, 0.1) is 11.1 Å². The maximum atomic E-state index is 5.73. The summed E-state index contributed by atoms with van der Waals surface area (Å²) in [5.74, 6) is 0.953. The van der Waals surface area contributed by atoms with Crippen molar-refractivity contribution in [2.75, 3.05) is 13.2 Å². The summed E-state index contributed by atoms with van der Waals surface area (Å²) in [6, 6.07) is 4.15. The molecule has 0 aromatic heterocycles. The van der Waals surface area contributed by atoms with E-state index in [0.29, 0.717) is 6.61 Å². The first-order valence-corrected chi connectivity index (χ1v) is 9.09. The molecule has 0 spiro atoms. The molecule has 5 heteroatoms. The molecule has 0 unspecified atom stereocenters. The third-order valence-electron chi connectivity index (χ3n) is 3.15. The van der Waals surface area contributed by atoms with Gasteiger partial charge in [0.2, 0.25) is 0 Å². The van der Waals surface area contributed by atoms with Crippen molar-refractivity contribution in [3.8, 4) is 5.75 Å². The predicted octanol–water partition coefficient (Wildman–Crippen LogP) is 6.09. The summed E-state index contributed by atoms with van der Waals surface area (Å²) < 4.78 is 7.81. The fourth-order valence-corrected chi connectivity index (χ4v) is 3.56. The molecule has 0 fully saturated rings. The Kier molecular flexibility index (Phi) is 12.9. The van der Waals surface area contributed by atoms with Gasteiger partial charge in [0.15, 0.2) is 0 Å². The van der Waals surface area contributed by atoms with E-state index in [1.807, 2.05) is 13.0 Å². The van der Waals surface area contributed by atoms with Crippen LogP contribution in [-0.2, 0) is 6.54 Å². The minimum absolute atomic E-state index is 0. The minimum atomic E-state index is 0. The average Bonchev–Trinajstić information content (AvgIpc) is 2.41. The van der Waals surface area contributed by atoms with E-state index in [0.717, 1.165) is 27.8 Å². The topological polar surface area (TPSA) is 21.3 Å². The van der Waals surface area contributed by atoms with Crippen LogP contribution in [0.4, 0.5) is 0 Å². The van der Waals surface area contributed by atoms with E-state index < -0.39 is 0 Å². The Labute approximate surface area is 152 Å². The predicted molar refractivity (Wildman–Crippen MR) is 101 cm³/mol. The van der Waals surface area contributed by atoms with Gasteiger partial charge in [-0.15, -0.1) is 12.4 Å². The fraction of sp³-hybridized carbons (Fsp3) is 0.625. The molecule has 0 heterocycles. The van der Waals surface area contributed by atoms with Gasteiger partial charge in [-0.05, 0) is 48.0 Å². The SMILES string of the molecule is CCCCCCCNCc1cc(Br)cc(Br)c1OCC.Cl. The average molecular weight is 444 g/mol. The van der Waals surface area contributed by atoms with Crippen molar-refractivity contribution in [3.63, 3.8) is 0 Å². The molecule has 21 heavy (non-hydrogen) atoms. The van der Waals surface area contributed by atoms with E-state index in [2.05, 4.69) is 50.2 Å². The Morgan fingerprint density at radius 3 is 2.43 bits per heavy atom. The molecule has 0 amide bonds. The first kappa shape index (κ1) is 21.2. The Balaban J connectivity index is 0.00000400. The number of ether oxygens (including phenoxy) is 1. The molecule has 0 aliphatic rings. The zero-order valence-electron chi connectivity index (χ0n) is 12.9. The van der Waals surface area contributed by atoms with Crippen molar-refractivity contribution >= 4 is 44.3 Å². The first-order valence-electron chi connectivity index (χ1n) is 7.50. The molecule has 0 atom stereocenters. The van der Waals surface area contributed by atoms with E-state index in [1.54, 1.807) is 0 Å². The molecule has 0 saturated carbocycles. The summed E-state index contributed by atoms with van der Waals surface area (Å²) in [6.07, 6.45) is 6.58. The van der Waals surface area contributed by atoms with Crippen molar-refractivity contribution in [2.24, 2.45) is 0 Å². The van der Waals surface area contributed by atoms with Gasteiger partial charge in [0.25, 0.3) is 0 Å². The van der Waals surface area contributed by atoms with Gasteiger partial charge in [-0.25, -0.2) is 0 Å². The highest BCUT2D eigenvalue weighted by atomic mass is 79.9. The smallest absolute Gasteiger partial charge is 0.138 e. The summed E-state index contributed by atoms with van der Waals surface area (Å²) in [5.41, 5.74) is 1.20. The highest BCUT2D eigenvalue weighted by molar-refractivity contribution is 9.11. The van der Waals surface area contributed by atoms with Crippen LogP contribution in [0.25, 0.3) is 0 Å². The number of halogens is 3. The van der Waals surface area contributed by atoms with E-state index >= 15 is 0 Å². The molecule has 0 radical (unpaired) electrons. The van der Waals surface area contributed by atoms with Gasteiger partial charge in [-0.2, -0.15) is 0 Å². The maximum absolute atomic E-state index is 5.73. The molecule has 1 aromatic rings. The van der Waals surface area contributed by atoms with E-state index in [4.69, 9.17) is 4.74 Å². The number of rotatable bonds is 10. The van der Waals surface area contributed by atoms with Crippen molar-refractivity contribution in [3.05, 3.63) is 26.6 Å². The number of unbranched alkanes of at least 4 members (excludes halogenated alkanes) is 4. The van der Waals surface area contributed by atoms with Crippen LogP contribution in [0.5, 0.6) is 5.75 Å². The lowest BCUT2D eigenvalue weighted by atomic mass is 10.1. The van der Waals surface area contributed by atoms with Crippen LogP contribution in [0.3, 0.4) is 0 Å². The fourth-order valence-electron chi connectivity index (χ4n) is 2.13. The van der Waals surface area contributed by atoms with Gasteiger partial charge in [-0.1, -0.05) is 48.5 Å². The maximum Gasteiger partial charge on any atom is 0.138 e. The molecule has 0 saturated heterocycles. The van der Waals surface area contributed by atoms with Crippen molar-refractivity contribution in [1.29, 1.82) is 0 Å². The molecule has 0 aliphatic carbocycles. The molecule has 122 valence electrons. The minimum Gasteiger partial charge on any atom is -0.492 e. The first-order chi connectivity index (χ1) is 9.69. The lowest BCUT2D eigenvalue weighted by molar-refractivity contribution is 0.333. The summed E-state index contributed by atoms with van der Waals surface area (Å²) in [7, 11) is 0. The Morgan fingerprint density at radius 2 is 1.76 bits per heavy atom. The van der Waals surface area contributed by atoms with Gasteiger partial charge >= 0.3 is 0 Å². The largest absolute Gasteiger partial charge is 0.492 e. The number of hydrogen-bond acceptors (Lipinski definition) is 2. The van der Waals surface area contributed by atoms with Crippen LogP contribution >= 0.6 is 44.3 Å². The van der Waals surface area contributed by atoms with Gasteiger partial charge in [0.1, 0.15) is 5.75 Å². The lowest BCUT2D eigenvalue weighted by Crippen LogP contribution is -2.15. The molecule has 1 N–H and O–H groups in total. The Bertz CT molecular complexity index is 402. The normalized spacial score (nSPS) is 10.3. The van der Waals surface area contributed by atoms with Crippen LogP contribution in [0.2, 0.25) is 0 Å². The molecule has 0 aliphatic heterocycles. The third-order valence-corrected chi connectivity index (χ3v) is 4.19. The van der Waals surface area contributed by atoms with Crippen molar-refractivity contribution in [1.82, 2.24) is 5.32 Å². The highest BCUT2D eigenvalue weighted by Crippen LogP contribution is 2.32. The highest BCUT2D eigenvalue weighted by Gasteiger charge is 2.09. The zero-order valence-corrected chi connectivity index (χ0v) is 16.9. The summed E-state index contributed by atoms with van der Waals surface area (Å²) >= 11 is 7.10. The lowest BCUT2D eigenvalue weighted by Gasteiger charge is -2.13. The standard InChI is InChI=1S/C16H25Br2NO.ClH/c1-3-5-6-7-8-9-19-12-13-10-14(17)11-15(18)16(13)20-4-2;/h10-11,19H,3-9,12H2,1-2H3;1H. The number of hydrogen-bond donors (Lipinski definition) is 1. The summed E-state index contributed by atoms with van der Waals surface area (Å²) in [6.45, 7) is 6.86. The Morgan fingerprint density at radius 1 is 1.05 bits per heavy atom. The van der Waals surface area contributed by atoms with Crippen molar-refractivity contribution < 1.29 is 4.74 Å². The third kappa shape index (κ3) is 8.44. The van der Waals surface area contributed by atoms with Crippen LogP contribution < -0.4 is 10.1 Å². The summed E-state index contributed by atoms with van der Waals surface area (Å²) in [5, 5.41) is 3.51. The molecule has 0 bridgehead atoms. The van der Waals surface area contributed by atoms with Gasteiger partial charge in [-0.3, -0.25) is 0 Å². The quantitative estimate of drug-likeness (QED) is 0.442. The van der Waals surface area contributed by atoms with Crippen LogP contribution in [0, 0.1) is 0 Å². The van der Waals surface area contributed by atoms with E-state index in [9.17, 15) is 0 Å². The van der Waals surface area contributed by atoms with Crippen LogP contribution in [0.1, 0.15) is 51.5 Å². The van der Waals surface area contributed by atoms with E-state index in [-0.39, 0.29) is 12.4 Å². The van der Waals surface area contributed by atoms with E-state index in [1.165, 1.54) is 37.7 Å². The monoisotopic (exact) mass is 441 g/mol. The number of nitrogens with one attached hydrogen (secondary N) is 1. The van der Waals surface area contributed by atoms with Crippen LogP contribution in [0.15, 0.2) is 21.1 Å². The second-order valence-electron chi connectivity index (χ2n) is 4.90. The van der Waals surface area contributed by atoms with Gasteiger partial charge < -0.3 is 10.1 Å². The second-order valence-corrected chi connectivity index (χ2v) is 6.67. The Hall–Kier alpha value is 0.230. The zero-order chi connectivity index (χ0) is 14.8. The molecule has 2 nitrogen and oxygen atoms in total. The summed E-state index contributed by atoms with van der Waals surface area (Å²) in [4.78, 5) is 0. The van der Waals surface area contributed by atoms with Crippen molar-refractivity contribution in [2.45, 2.75) is 52.5 Å². The molecule has 1 rings (SSSR count). The molecule has 1 aromatic carbocycles. The molecular weight excluding hydrogens is 417 g/mol. The number of benzene rings is 1. The van der Waals surface area contributed by atoms with Crippen LogP contribution in [-0.4, -0.2) is 13.2 Å². The second kappa shape index (κ2) is 12.7. The molecular formula is C16H26Br2ClNO.